The molecular weight excluding hydrogens is 172 g/mol. The van der Waals surface area contributed by atoms with Gasteiger partial charge in [0.1, 0.15) is 5.82 Å². The highest BCUT2D eigenvalue weighted by Gasteiger charge is 2.23. The minimum absolute atomic E-state index is 0.0686. The van der Waals surface area contributed by atoms with E-state index in [9.17, 15) is 4.79 Å². The van der Waals surface area contributed by atoms with Gasteiger partial charge in [-0.1, -0.05) is 13.8 Å². The molecule has 4 heteroatoms. The van der Waals surface area contributed by atoms with Gasteiger partial charge in [0.05, 0.1) is 16.3 Å². The molecule has 1 aromatic heterocycles. The molecule has 0 fully saturated rings. The summed E-state index contributed by atoms with van der Waals surface area (Å²) >= 11 is 1.64. The van der Waals surface area contributed by atoms with Crippen molar-refractivity contribution in [3.8, 4) is 0 Å². The number of nitrogens with one attached hydrogen (secondary N) is 1. The number of amides is 1. The largest absolute Gasteiger partial charge is 0.309 e. The summed E-state index contributed by atoms with van der Waals surface area (Å²) in [5.74, 6) is 1.31. The van der Waals surface area contributed by atoms with Crippen molar-refractivity contribution in [2.24, 2.45) is 0 Å². The second-order valence-electron chi connectivity index (χ2n) is 3.20. The van der Waals surface area contributed by atoms with Gasteiger partial charge < -0.3 is 5.32 Å². The van der Waals surface area contributed by atoms with Gasteiger partial charge in [-0.2, -0.15) is 0 Å². The normalized spacial score (nSPS) is 15.1. The molecule has 64 valence electrons. The molecule has 2 rings (SSSR count). The molecule has 1 aliphatic rings. The Morgan fingerprint density at radius 3 is 2.92 bits per heavy atom. The lowest BCUT2D eigenvalue weighted by Gasteiger charge is -1.96. The van der Waals surface area contributed by atoms with Crippen LogP contribution in [0.4, 0.5) is 5.82 Å². The van der Waals surface area contributed by atoms with Crippen LogP contribution in [0.1, 0.15) is 29.7 Å². The average Bonchev–Trinajstić information content (AvgIpc) is 2.42. The Hall–Kier alpha value is -0.900. The molecule has 0 spiro atoms. The summed E-state index contributed by atoms with van der Waals surface area (Å²) in [4.78, 5) is 16.3. The minimum Gasteiger partial charge on any atom is -0.309 e. The molecule has 0 saturated heterocycles. The summed E-state index contributed by atoms with van der Waals surface area (Å²) in [7, 11) is 0. The van der Waals surface area contributed by atoms with Crippen molar-refractivity contribution in [1.29, 1.82) is 0 Å². The number of fused-ring (bicyclic) bond motifs is 1. The van der Waals surface area contributed by atoms with E-state index in [1.807, 2.05) is 0 Å². The Bertz CT molecular complexity index is 304. The number of carbonyl (C=O) groups is 1. The van der Waals surface area contributed by atoms with E-state index in [1.165, 1.54) is 0 Å². The highest BCUT2D eigenvalue weighted by Crippen LogP contribution is 2.31. The minimum atomic E-state index is 0.0686. The first-order chi connectivity index (χ1) is 5.66. The number of carbonyl (C=O) groups excluding carboxylic acids is 1. The first-order valence-corrected chi connectivity index (χ1v) is 4.78. The summed E-state index contributed by atoms with van der Waals surface area (Å²) < 4.78 is 0. The van der Waals surface area contributed by atoms with E-state index in [-0.39, 0.29) is 5.91 Å². The Balaban J connectivity index is 2.34. The van der Waals surface area contributed by atoms with E-state index in [1.54, 1.807) is 11.3 Å². The fraction of sp³-hybridized carbons (Fsp3) is 0.500. The Morgan fingerprint density at radius 2 is 2.33 bits per heavy atom. The van der Waals surface area contributed by atoms with Crippen LogP contribution in [0, 0.1) is 0 Å². The molecule has 0 unspecified atom stereocenters. The fourth-order valence-electron chi connectivity index (χ4n) is 1.16. The van der Waals surface area contributed by atoms with Crippen molar-refractivity contribution in [1.82, 2.24) is 4.98 Å². The monoisotopic (exact) mass is 182 g/mol. The van der Waals surface area contributed by atoms with Crippen molar-refractivity contribution in [3.63, 3.8) is 0 Å². The highest BCUT2D eigenvalue weighted by atomic mass is 32.1. The summed E-state index contributed by atoms with van der Waals surface area (Å²) in [6.07, 6.45) is 0.514. The Labute approximate surface area is 74.8 Å². The van der Waals surface area contributed by atoms with Gasteiger partial charge in [-0.25, -0.2) is 4.98 Å². The van der Waals surface area contributed by atoms with Crippen molar-refractivity contribution in [3.05, 3.63) is 9.88 Å². The molecule has 1 amide bonds. The third kappa shape index (κ3) is 1.12. The van der Waals surface area contributed by atoms with Gasteiger partial charge in [-0.15, -0.1) is 11.3 Å². The molecule has 3 nitrogen and oxygen atoms in total. The lowest BCUT2D eigenvalue weighted by atomic mass is 10.2. The van der Waals surface area contributed by atoms with Gasteiger partial charge >= 0.3 is 0 Å². The molecule has 0 radical (unpaired) electrons. The predicted octanol–water partition coefficient (Wildman–Crippen LogP) is 1.76. The Morgan fingerprint density at radius 1 is 1.58 bits per heavy atom. The smallest absolute Gasteiger partial charge is 0.230 e. The zero-order valence-electron chi connectivity index (χ0n) is 7.05. The number of thiazole rings is 1. The van der Waals surface area contributed by atoms with Crippen molar-refractivity contribution >= 4 is 23.1 Å². The fourth-order valence-corrected chi connectivity index (χ4v) is 2.18. The SMILES string of the molecule is CC(C)c1nc2c(s1)CC(=O)N2. The second kappa shape index (κ2) is 2.55. The third-order valence-corrected chi connectivity index (χ3v) is 3.14. The molecule has 0 aromatic carbocycles. The van der Waals surface area contributed by atoms with Gasteiger partial charge in [-0.3, -0.25) is 4.79 Å². The van der Waals surface area contributed by atoms with E-state index < -0.39 is 0 Å². The standard InChI is InChI=1S/C8H10N2OS/c1-4(2)8-10-7-5(12-8)3-6(11)9-7/h4H,3H2,1-2H3,(H,9,11). The zero-order valence-corrected chi connectivity index (χ0v) is 7.86. The maximum absolute atomic E-state index is 10.9. The topological polar surface area (TPSA) is 42.0 Å². The zero-order chi connectivity index (χ0) is 8.72. The van der Waals surface area contributed by atoms with Gasteiger partial charge in [0.15, 0.2) is 0 Å². The molecule has 1 N–H and O–H groups in total. The van der Waals surface area contributed by atoms with Crippen LogP contribution in [0.2, 0.25) is 0 Å². The molecule has 0 saturated carbocycles. The third-order valence-electron chi connectivity index (χ3n) is 1.79. The average molecular weight is 182 g/mol. The van der Waals surface area contributed by atoms with E-state index >= 15 is 0 Å². The van der Waals surface area contributed by atoms with Gasteiger partial charge in [0.2, 0.25) is 5.91 Å². The molecule has 0 atom stereocenters. The lowest BCUT2D eigenvalue weighted by Crippen LogP contribution is -2.05. The van der Waals surface area contributed by atoms with Crippen molar-refractivity contribution < 1.29 is 4.79 Å². The van der Waals surface area contributed by atoms with E-state index in [0.717, 1.165) is 15.7 Å². The number of nitrogens with zero attached hydrogens (tertiary/aromatic N) is 1. The molecule has 2 heterocycles. The summed E-state index contributed by atoms with van der Waals surface area (Å²) in [6, 6.07) is 0. The van der Waals surface area contributed by atoms with E-state index in [2.05, 4.69) is 24.1 Å². The van der Waals surface area contributed by atoms with Crippen molar-refractivity contribution in [2.75, 3.05) is 5.32 Å². The summed E-state index contributed by atoms with van der Waals surface area (Å²) in [5, 5.41) is 3.84. The second-order valence-corrected chi connectivity index (χ2v) is 4.32. The van der Waals surface area contributed by atoms with E-state index in [0.29, 0.717) is 12.3 Å². The molecule has 1 aliphatic heterocycles. The molecule has 0 aliphatic carbocycles. The molecule has 1 aromatic rings. The van der Waals surface area contributed by atoms with E-state index in [4.69, 9.17) is 0 Å². The number of aromatic nitrogens is 1. The number of hydrogen-bond donors (Lipinski definition) is 1. The van der Waals surface area contributed by atoms with Crippen LogP contribution in [-0.4, -0.2) is 10.9 Å². The lowest BCUT2D eigenvalue weighted by molar-refractivity contribution is -0.115. The molecular formula is C8H10N2OS. The van der Waals surface area contributed by atoms with Crippen LogP contribution in [-0.2, 0) is 11.2 Å². The van der Waals surface area contributed by atoms with Crippen LogP contribution in [0.3, 0.4) is 0 Å². The first kappa shape index (κ1) is 7.73. The quantitative estimate of drug-likeness (QED) is 0.719. The van der Waals surface area contributed by atoms with Crippen LogP contribution in [0.5, 0.6) is 0 Å². The van der Waals surface area contributed by atoms with Crippen LogP contribution >= 0.6 is 11.3 Å². The van der Waals surface area contributed by atoms with Crippen LogP contribution in [0.25, 0.3) is 0 Å². The van der Waals surface area contributed by atoms with Gasteiger partial charge in [0.25, 0.3) is 0 Å². The van der Waals surface area contributed by atoms with Gasteiger partial charge in [-0.05, 0) is 0 Å². The summed E-state index contributed by atoms with van der Waals surface area (Å²) in [6.45, 7) is 4.21. The Kier molecular flexibility index (Phi) is 1.65. The maximum atomic E-state index is 10.9. The maximum Gasteiger partial charge on any atom is 0.230 e. The number of hydrogen-bond acceptors (Lipinski definition) is 3. The molecule has 12 heavy (non-hydrogen) atoms. The van der Waals surface area contributed by atoms with Crippen LogP contribution < -0.4 is 5.32 Å². The molecule has 0 bridgehead atoms. The van der Waals surface area contributed by atoms with Gasteiger partial charge in [0, 0.05) is 5.92 Å². The first-order valence-electron chi connectivity index (χ1n) is 3.96. The van der Waals surface area contributed by atoms with Crippen molar-refractivity contribution in [2.45, 2.75) is 26.2 Å². The highest BCUT2D eigenvalue weighted by molar-refractivity contribution is 7.12. The number of rotatable bonds is 1. The summed E-state index contributed by atoms with van der Waals surface area (Å²) in [5.41, 5.74) is 0. The number of anilines is 1. The van der Waals surface area contributed by atoms with Crippen LogP contribution in [0.15, 0.2) is 0 Å². The predicted molar refractivity (Wildman–Crippen MR) is 48.5 cm³/mol.